The molecule has 3 rings (SSSR count). The molecule has 1 fully saturated rings. The molecule has 0 bridgehead atoms. The molecule has 126 valence electrons. The molecule has 3 nitrogen and oxygen atoms in total. The fourth-order valence-electron chi connectivity index (χ4n) is 2.65. The summed E-state index contributed by atoms with van der Waals surface area (Å²) >= 11 is 0. The Bertz CT molecular complexity index is 682. The van der Waals surface area contributed by atoms with Gasteiger partial charge in [0, 0.05) is 12.0 Å². The van der Waals surface area contributed by atoms with Crippen molar-refractivity contribution in [3.8, 4) is 5.75 Å². The van der Waals surface area contributed by atoms with E-state index < -0.39 is 0 Å². The lowest BCUT2D eigenvalue weighted by Crippen LogP contribution is -2.58. The van der Waals surface area contributed by atoms with E-state index >= 15 is 0 Å². The van der Waals surface area contributed by atoms with Gasteiger partial charge < -0.3 is 14.0 Å². The van der Waals surface area contributed by atoms with Crippen molar-refractivity contribution in [1.82, 2.24) is 0 Å². The molecule has 0 spiro atoms. The first kappa shape index (κ1) is 17.1. The van der Waals surface area contributed by atoms with Crippen LogP contribution in [0.1, 0.15) is 33.3 Å². The van der Waals surface area contributed by atoms with Crippen molar-refractivity contribution in [1.29, 1.82) is 0 Å². The second-order valence-electron chi connectivity index (χ2n) is 7.46. The van der Waals surface area contributed by atoms with Crippen molar-refractivity contribution in [3.63, 3.8) is 0 Å². The Morgan fingerprint density at radius 3 is 2.33 bits per heavy atom. The molecule has 0 unspecified atom stereocenters. The van der Waals surface area contributed by atoms with Gasteiger partial charge in [0.05, 0.1) is 5.60 Å². The third-order valence-corrected chi connectivity index (χ3v) is 5.07. The van der Waals surface area contributed by atoms with Gasteiger partial charge in [0.2, 0.25) is 0 Å². The molecule has 0 radical (unpaired) electrons. The lowest BCUT2D eigenvalue weighted by atomic mass is 9.68. The first-order valence-electron chi connectivity index (χ1n) is 8.44. The van der Waals surface area contributed by atoms with Crippen LogP contribution in [0.3, 0.4) is 0 Å². The highest BCUT2D eigenvalue weighted by Gasteiger charge is 2.47. The molecule has 2 aromatic carbocycles. The average molecular weight is 324 g/mol. The lowest BCUT2D eigenvalue weighted by molar-refractivity contribution is -0.0938. The summed E-state index contributed by atoms with van der Waals surface area (Å²) in [4.78, 5) is 0. The maximum Gasteiger partial charge on any atom is 0.494 e. The molecule has 0 aromatic heterocycles. The monoisotopic (exact) mass is 324 g/mol. The molecular weight excluding hydrogens is 299 g/mol. The van der Waals surface area contributed by atoms with Gasteiger partial charge in [0.1, 0.15) is 12.4 Å². The van der Waals surface area contributed by atoms with Gasteiger partial charge >= 0.3 is 7.12 Å². The maximum atomic E-state index is 6.29. The molecule has 2 aromatic rings. The molecule has 4 heteroatoms. The van der Waals surface area contributed by atoms with Crippen molar-refractivity contribution in [2.24, 2.45) is 5.41 Å². The van der Waals surface area contributed by atoms with E-state index in [1.807, 2.05) is 42.5 Å². The molecule has 1 aliphatic rings. The van der Waals surface area contributed by atoms with E-state index in [2.05, 4.69) is 39.8 Å². The molecule has 1 heterocycles. The Morgan fingerprint density at radius 1 is 0.958 bits per heavy atom. The highest BCUT2D eigenvalue weighted by Crippen LogP contribution is 2.38. The Kier molecular flexibility index (Phi) is 4.70. The van der Waals surface area contributed by atoms with Gasteiger partial charge in [-0.25, -0.2) is 0 Å². The summed E-state index contributed by atoms with van der Waals surface area (Å²) in [6.45, 7) is 9.77. The highest BCUT2D eigenvalue weighted by atomic mass is 16.6. The van der Waals surface area contributed by atoms with Gasteiger partial charge in [-0.05, 0) is 37.0 Å². The van der Waals surface area contributed by atoms with Crippen molar-refractivity contribution in [2.75, 3.05) is 6.61 Å². The fraction of sp³-hybridized carbons (Fsp3) is 0.400. The predicted octanol–water partition coefficient (Wildman–Crippen LogP) is 3.81. The van der Waals surface area contributed by atoms with Crippen LogP contribution in [0.15, 0.2) is 54.6 Å². The standard InChI is InChI=1S/C20H25BO3/c1-19(2)15-23-21(24-20(19,3)4)18-13-9-8-10-16(18)14-22-17-11-6-5-7-12-17/h5-13H,14-15H2,1-4H3. The molecule has 0 atom stereocenters. The lowest BCUT2D eigenvalue weighted by Gasteiger charge is -2.47. The molecular formula is C20H25BO3. The summed E-state index contributed by atoms with van der Waals surface area (Å²) in [5.74, 6) is 0.860. The Balaban J connectivity index is 1.77. The van der Waals surface area contributed by atoms with Crippen LogP contribution in [-0.4, -0.2) is 19.3 Å². The van der Waals surface area contributed by atoms with E-state index in [9.17, 15) is 0 Å². The third kappa shape index (κ3) is 3.50. The summed E-state index contributed by atoms with van der Waals surface area (Å²) in [5.41, 5.74) is 1.83. The minimum absolute atomic E-state index is 0.0288. The average Bonchev–Trinajstić information content (AvgIpc) is 2.57. The van der Waals surface area contributed by atoms with Crippen LogP contribution in [0.5, 0.6) is 5.75 Å². The molecule has 1 saturated heterocycles. The van der Waals surface area contributed by atoms with Gasteiger partial charge in [-0.15, -0.1) is 0 Å². The van der Waals surface area contributed by atoms with E-state index in [1.165, 1.54) is 0 Å². The summed E-state index contributed by atoms with van der Waals surface area (Å²) in [6.07, 6.45) is 0. The van der Waals surface area contributed by atoms with Gasteiger partial charge in [0.25, 0.3) is 0 Å². The van der Waals surface area contributed by atoms with Gasteiger partial charge in [-0.2, -0.15) is 0 Å². The molecule has 0 N–H and O–H groups in total. The molecule has 0 aliphatic carbocycles. The van der Waals surface area contributed by atoms with Crippen LogP contribution >= 0.6 is 0 Å². The van der Waals surface area contributed by atoms with E-state index in [0.717, 1.165) is 16.8 Å². The largest absolute Gasteiger partial charge is 0.494 e. The van der Waals surface area contributed by atoms with E-state index in [-0.39, 0.29) is 18.1 Å². The van der Waals surface area contributed by atoms with Crippen molar-refractivity contribution < 1.29 is 14.0 Å². The minimum atomic E-state index is -0.358. The number of benzene rings is 2. The third-order valence-electron chi connectivity index (χ3n) is 5.07. The zero-order valence-electron chi connectivity index (χ0n) is 14.9. The van der Waals surface area contributed by atoms with Crippen LogP contribution in [0.2, 0.25) is 0 Å². The predicted molar refractivity (Wildman–Crippen MR) is 97.5 cm³/mol. The van der Waals surface area contributed by atoms with E-state index in [1.54, 1.807) is 0 Å². The summed E-state index contributed by atoms with van der Waals surface area (Å²) in [7, 11) is -0.358. The zero-order valence-corrected chi connectivity index (χ0v) is 14.9. The zero-order chi connectivity index (χ0) is 17.2. The molecule has 1 aliphatic heterocycles. The van der Waals surface area contributed by atoms with E-state index in [0.29, 0.717) is 13.2 Å². The second kappa shape index (κ2) is 6.62. The van der Waals surface area contributed by atoms with Gasteiger partial charge in [-0.3, -0.25) is 0 Å². The number of hydrogen-bond donors (Lipinski definition) is 0. The van der Waals surface area contributed by atoms with Crippen LogP contribution < -0.4 is 10.2 Å². The summed E-state index contributed by atoms with van der Waals surface area (Å²) in [6, 6.07) is 18.0. The number of hydrogen-bond acceptors (Lipinski definition) is 3. The number of rotatable bonds is 4. The number of para-hydroxylation sites is 1. The smallest absolute Gasteiger partial charge is 0.489 e. The topological polar surface area (TPSA) is 27.7 Å². The Labute approximate surface area is 145 Å². The van der Waals surface area contributed by atoms with Crippen LogP contribution in [-0.2, 0) is 15.9 Å². The Hall–Kier alpha value is -1.78. The van der Waals surface area contributed by atoms with Gasteiger partial charge in [-0.1, -0.05) is 56.3 Å². The van der Waals surface area contributed by atoms with Crippen LogP contribution in [0.25, 0.3) is 0 Å². The SMILES string of the molecule is CC1(C)COB(c2ccccc2COc2ccccc2)OC1(C)C. The summed E-state index contributed by atoms with van der Waals surface area (Å²) < 4.78 is 18.2. The van der Waals surface area contributed by atoms with E-state index in [4.69, 9.17) is 14.0 Å². The molecule has 24 heavy (non-hydrogen) atoms. The maximum absolute atomic E-state index is 6.29. The van der Waals surface area contributed by atoms with Crippen LogP contribution in [0.4, 0.5) is 0 Å². The van der Waals surface area contributed by atoms with Crippen molar-refractivity contribution in [2.45, 2.75) is 39.9 Å². The fourth-order valence-corrected chi connectivity index (χ4v) is 2.65. The highest BCUT2D eigenvalue weighted by molar-refractivity contribution is 6.62. The first-order valence-corrected chi connectivity index (χ1v) is 8.44. The first-order chi connectivity index (χ1) is 11.4. The molecule has 0 amide bonds. The summed E-state index contributed by atoms with van der Waals surface area (Å²) in [5, 5.41) is 0. The van der Waals surface area contributed by atoms with Crippen molar-refractivity contribution >= 4 is 12.6 Å². The minimum Gasteiger partial charge on any atom is -0.489 e. The normalized spacial score (nSPS) is 19.1. The van der Waals surface area contributed by atoms with Crippen molar-refractivity contribution in [3.05, 3.63) is 60.2 Å². The van der Waals surface area contributed by atoms with Crippen LogP contribution in [0, 0.1) is 5.41 Å². The second-order valence-corrected chi connectivity index (χ2v) is 7.46. The Morgan fingerprint density at radius 2 is 1.62 bits per heavy atom. The number of ether oxygens (including phenoxy) is 1. The van der Waals surface area contributed by atoms with Gasteiger partial charge in [0.15, 0.2) is 0 Å². The quantitative estimate of drug-likeness (QED) is 0.801. The molecule has 0 saturated carbocycles.